The zero-order chi connectivity index (χ0) is 10.8. The molecule has 16 heavy (non-hydrogen) atoms. The third-order valence-corrected chi connectivity index (χ3v) is 3.73. The number of hydrogen-bond donors (Lipinski definition) is 0. The van der Waals surface area contributed by atoms with Crippen LogP contribution in [-0.2, 0) is 5.54 Å². The van der Waals surface area contributed by atoms with Crippen molar-refractivity contribution in [2.24, 2.45) is 4.99 Å². The van der Waals surface area contributed by atoms with E-state index in [0.717, 1.165) is 0 Å². The minimum atomic E-state index is -0.0901. The summed E-state index contributed by atoms with van der Waals surface area (Å²) in [7, 11) is 0. The highest BCUT2D eigenvalue weighted by atomic mass is 15.1. The Morgan fingerprint density at radius 3 is 1.69 bits per heavy atom. The van der Waals surface area contributed by atoms with Crippen LogP contribution in [0.15, 0.2) is 53.5 Å². The van der Waals surface area contributed by atoms with E-state index in [-0.39, 0.29) is 5.54 Å². The minimum absolute atomic E-state index is 0.0901. The van der Waals surface area contributed by atoms with Crippen LogP contribution < -0.4 is 0 Å². The predicted octanol–water partition coefficient (Wildman–Crippen LogP) is 3.39. The number of nitrogens with zero attached hydrogens (tertiary/aromatic N) is 1. The molecule has 1 heteroatoms. The van der Waals surface area contributed by atoms with Crippen LogP contribution in [0.3, 0.4) is 0 Å². The van der Waals surface area contributed by atoms with Crippen molar-refractivity contribution in [2.45, 2.75) is 12.5 Å². The lowest BCUT2D eigenvalue weighted by Gasteiger charge is -2.09. The highest BCUT2D eigenvalue weighted by Gasteiger charge is 2.53. The van der Waals surface area contributed by atoms with Gasteiger partial charge in [-0.3, -0.25) is 4.99 Å². The van der Waals surface area contributed by atoms with Crippen molar-refractivity contribution in [3.63, 3.8) is 0 Å². The van der Waals surface area contributed by atoms with Gasteiger partial charge in [-0.1, -0.05) is 48.5 Å². The Hall–Kier alpha value is -1.89. The molecule has 2 aliphatic rings. The molecule has 0 aromatic heterocycles. The van der Waals surface area contributed by atoms with Gasteiger partial charge in [0.05, 0.1) is 0 Å². The fraction of sp³-hybridized carbons (Fsp3) is 0.133. The smallest absolute Gasteiger partial charge is 0.149 e. The second-order valence-electron chi connectivity index (χ2n) is 4.50. The summed E-state index contributed by atoms with van der Waals surface area (Å²) in [4.78, 5) is 4.69. The molecule has 0 radical (unpaired) electrons. The first-order valence-electron chi connectivity index (χ1n) is 5.60. The molecule has 4 rings (SSSR count). The first-order chi connectivity index (χ1) is 7.84. The second kappa shape index (κ2) is 2.43. The molecule has 2 aromatic carbocycles. The van der Waals surface area contributed by atoms with Gasteiger partial charge in [0, 0.05) is 5.71 Å². The predicted molar refractivity (Wildman–Crippen MR) is 65.8 cm³/mol. The van der Waals surface area contributed by atoms with Crippen LogP contribution in [0, 0.1) is 0 Å². The molecule has 0 saturated carbocycles. The summed E-state index contributed by atoms with van der Waals surface area (Å²) >= 11 is 0. The number of aliphatic imine (C=N–C) groups is 1. The van der Waals surface area contributed by atoms with Crippen LogP contribution >= 0.6 is 0 Å². The Labute approximate surface area is 94.5 Å². The molecule has 0 N–H and O–H groups in total. The van der Waals surface area contributed by atoms with E-state index in [2.05, 4.69) is 60.4 Å². The van der Waals surface area contributed by atoms with E-state index in [1.54, 1.807) is 0 Å². The minimum Gasteiger partial charge on any atom is -0.269 e. The third-order valence-electron chi connectivity index (χ3n) is 3.73. The van der Waals surface area contributed by atoms with Crippen LogP contribution in [0.25, 0.3) is 11.1 Å². The second-order valence-corrected chi connectivity index (χ2v) is 4.50. The molecule has 1 nitrogen and oxygen atoms in total. The van der Waals surface area contributed by atoms with Gasteiger partial charge in [0.15, 0.2) is 0 Å². The van der Waals surface area contributed by atoms with Crippen molar-refractivity contribution < 1.29 is 0 Å². The van der Waals surface area contributed by atoms with Gasteiger partial charge in [-0.05, 0) is 29.2 Å². The molecule has 1 spiro atoms. The molecule has 0 unspecified atom stereocenters. The number of hydrogen-bond acceptors (Lipinski definition) is 1. The van der Waals surface area contributed by atoms with E-state index in [1.165, 1.54) is 28.0 Å². The van der Waals surface area contributed by atoms with Gasteiger partial charge in [-0.25, -0.2) is 0 Å². The van der Waals surface area contributed by atoms with Crippen molar-refractivity contribution in [2.75, 3.05) is 0 Å². The Morgan fingerprint density at radius 1 is 0.812 bits per heavy atom. The fourth-order valence-corrected chi connectivity index (χ4v) is 2.95. The van der Waals surface area contributed by atoms with Crippen molar-refractivity contribution in [1.29, 1.82) is 0 Å². The maximum absolute atomic E-state index is 4.69. The summed E-state index contributed by atoms with van der Waals surface area (Å²) < 4.78 is 0. The van der Waals surface area contributed by atoms with Gasteiger partial charge in [0.25, 0.3) is 0 Å². The van der Waals surface area contributed by atoms with Crippen molar-refractivity contribution in [3.8, 4) is 11.1 Å². The standard InChI is InChI=1S/C15H11N/c1-10-15(16-10)13-8-4-2-6-11(13)12-7-3-5-9-14(12)15/h2-9H,1H3. The van der Waals surface area contributed by atoms with E-state index in [1.807, 2.05) is 0 Å². The summed E-state index contributed by atoms with van der Waals surface area (Å²) in [6, 6.07) is 17.2. The molecule has 0 saturated heterocycles. The SMILES string of the molecule is CC1=NC12c1ccccc1-c1ccccc12. The Kier molecular flexibility index (Phi) is 1.26. The quantitative estimate of drug-likeness (QED) is 0.625. The normalized spacial score (nSPS) is 17.9. The van der Waals surface area contributed by atoms with Crippen LogP contribution in [0.5, 0.6) is 0 Å². The zero-order valence-corrected chi connectivity index (χ0v) is 9.07. The first kappa shape index (κ1) is 8.28. The monoisotopic (exact) mass is 205 g/mol. The third kappa shape index (κ3) is 0.735. The van der Waals surface area contributed by atoms with Gasteiger partial charge in [-0.2, -0.15) is 0 Å². The number of benzene rings is 2. The molecule has 1 heterocycles. The van der Waals surface area contributed by atoms with Gasteiger partial charge in [0.2, 0.25) is 0 Å². The van der Waals surface area contributed by atoms with E-state index in [9.17, 15) is 0 Å². The summed E-state index contributed by atoms with van der Waals surface area (Å²) in [5.74, 6) is 0. The van der Waals surface area contributed by atoms with Crippen LogP contribution in [0.1, 0.15) is 18.1 Å². The molecule has 1 aliphatic carbocycles. The van der Waals surface area contributed by atoms with Gasteiger partial charge in [0.1, 0.15) is 5.54 Å². The van der Waals surface area contributed by atoms with Gasteiger partial charge < -0.3 is 0 Å². The van der Waals surface area contributed by atoms with Crippen LogP contribution in [-0.4, -0.2) is 5.71 Å². The molecular weight excluding hydrogens is 194 g/mol. The summed E-state index contributed by atoms with van der Waals surface area (Å²) in [6.07, 6.45) is 0. The number of rotatable bonds is 0. The maximum atomic E-state index is 4.69. The van der Waals surface area contributed by atoms with Crippen molar-refractivity contribution in [1.82, 2.24) is 0 Å². The molecular formula is C15H11N. The fourth-order valence-electron chi connectivity index (χ4n) is 2.95. The maximum Gasteiger partial charge on any atom is 0.149 e. The molecule has 76 valence electrons. The van der Waals surface area contributed by atoms with E-state index in [0.29, 0.717) is 0 Å². The van der Waals surface area contributed by atoms with E-state index in [4.69, 9.17) is 0 Å². The highest BCUT2D eigenvalue weighted by molar-refractivity contribution is 6.12. The molecule has 1 aliphatic heterocycles. The molecule has 2 aromatic rings. The number of fused-ring (bicyclic) bond motifs is 5. The molecule has 0 atom stereocenters. The molecule has 0 amide bonds. The van der Waals surface area contributed by atoms with E-state index < -0.39 is 0 Å². The lowest BCUT2D eigenvalue weighted by Crippen LogP contribution is -2.12. The summed E-state index contributed by atoms with van der Waals surface area (Å²) in [6.45, 7) is 2.12. The van der Waals surface area contributed by atoms with E-state index >= 15 is 0 Å². The average molecular weight is 205 g/mol. The van der Waals surface area contributed by atoms with Crippen LogP contribution in [0.2, 0.25) is 0 Å². The van der Waals surface area contributed by atoms with Gasteiger partial charge >= 0.3 is 0 Å². The molecule has 0 fully saturated rings. The van der Waals surface area contributed by atoms with Crippen molar-refractivity contribution in [3.05, 3.63) is 59.7 Å². The molecule has 0 bridgehead atoms. The Balaban J connectivity index is 2.12. The zero-order valence-electron chi connectivity index (χ0n) is 9.07. The van der Waals surface area contributed by atoms with Crippen molar-refractivity contribution >= 4 is 5.71 Å². The highest BCUT2D eigenvalue weighted by Crippen LogP contribution is 2.56. The Morgan fingerprint density at radius 2 is 1.25 bits per heavy atom. The topological polar surface area (TPSA) is 12.4 Å². The van der Waals surface area contributed by atoms with Crippen LogP contribution in [0.4, 0.5) is 0 Å². The largest absolute Gasteiger partial charge is 0.269 e. The average Bonchev–Trinajstić information content (AvgIpc) is 2.93. The lowest BCUT2D eigenvalue weighted by atomic mass is 9.92. The lowest BCUT2D eigenvalue weighted by molar-refractivity contribution is 0.892. The van der Waals surface area contributed by atoms with Gasteiger partial charge in [-0.15, -0.1) is 0 Å². The summed E-state index contributed by atoms with van der Waals surface area (Å²) in [5.41, 5.74) is 6.55. The Bertz CT molecular complexity index is 592. The summed E-state index contributed by atoms with van der Waals surface area (Å²) in [5, 5.41) is 0. The first-order valence-corrected chi connectivity index (χ1v) is 5.60.